The second kappa shape index (κ2) is 28.2. The fraction of sp³-hybridized carbons (Fsp3) is 0.735. The molecule has 4 N–H and O–H groups in total. The lowest BCUT2D eigenvalue weighted by Gasteiger charge is -2.35. The van der Waals surface area contributed by atoms with Gasteiger partial charge in [0.2, 0.25) is 5.78 Å². The van der Waals surface area contributed by atoms with Crippen LogP contribution in [0.2, 0.25) is 0 Å². The zero-order chi connectivity index (χ0) is 37.7. The predicted molar refractivity (Wildman–Crippen MR) is 185 cm³/mol. The summed E-state index contributed by atoms with van der Waals surface area (Å²) >= 11 is 0. The molecule has 0 aromatic carbocycles. The van der Waals surface area contributed by atoms with Gasteiger partial charge in [-0.1, -0.05) is 32.3 Å². The van der Waals surface area contributed by atoms with Crippen molar-refractivity contribution in [1.29, 1.82) is 0 Å². The van der Waals surface area contributed by atoms with Crippen molar-refractivity contribution in [1.82, 2.24) is 26.2 Å². The molecule has 1 atom stereocenters. The molecule has 17 heteroatoms. The Morgan fingerprint density at radius 3 is 1.47 bits per heavy atom. The van der Waals surface area contributed by atoms with E-state index in [0.717, 1.165) is 77.6 Å². The van der Waals surface area contributed by atoms with Gasteiger partial charge in [-0.2, -0.15) is 0 Å². The van der Waals surface area contributed by atoms with Crippen LogP contribution in [0.15, 0.2) is 12.2 Å². The zero-order valence-electron chi connectivity index (χ0n) is 30.2. The van der Waals surface area contributed by atoms with E-state index in [-0.39, 0.29) is 50.7 Å². The van der Waals surface area contributed by atoms with Crippen molar-refractivity contribution in [3.8, 4) is 0 Å². The highest BCUT2D eigenvalue weighted by molar-refractivity contribution is 6.32. The third kappa shape index (κ3) is 23.5. The smallest absolute Gasteiger partial charge is 0.407 e. The molecule has 0 aromatic rings. The summed E-state index contributed by atoms with van der Waals surface area (Å²) in [4.78, 5) is 83.0. The number of hydrogen-bond acceptors (Lipinski definition) is 12. The highest BCUT2D eigenvalue weighted by Gasteiger charge is 2.26. The fourth-order valence-electron chi connectivity index (χ4n) is 4.85. The Bertz CT molecular complexity index is 1120. The summed E-state index contributed by atoms with van der Waals surface area (Å²) < 4.78 is 24.6. The van der Waals surface area contributed by atoms with Gasteiger partial charge in [0.25, 0.3) is 0 Å². The van der Waals surface area contributed by atoms with Gasteiger partial charge in [-0.3, -0.25) is 4.79 Å². The summed E-state index contributed by atoms with van der Waals surface area (Å²) in [6, 6.07) is -0.103. The van der Waals surface area contributed by atoms with Gasteiger partial charge in [0, 0.05) is 57.7 Å². The Morgan fingerprint density at radius 1 is 0.569 bits per heavy atom. The SMILES string of the molecule is C=C(C)C(=O)OCCOC(=O)NCCCCCCNC(=O)N1CCCCC1CCOC(=O)NCCCCCCNC(=O)OCCOC(=O)C(C)=O. The van der Waals surface area contributed by atoms with E-state index in [1.165, 1.54) is 6.92 Å². The number of nitrogens with zero attached hydrogens (tertiary/aromatic N) is 1. The molecular formula is C34H57N5O12. The van der Waals surface area contributed by atoms with Crippen LogP contribution in [0.25, 0.3) is 0 Å². The maximum Gasteiger partial charge on any atom is 0.407 e. The van der Waals surface area contributed by atoms with Crippen LogP contribution in [0.1, 0.15) is 90.9 Å². The Balaban J connectivity index is 2.04. The van der Waals surface area contributed by atoms with Gasteiger partial charge in [0.15, 0.2) is 0 Å². The van der Waals surface area contributed by atoms with E-state index in [4.69, 9.17) is 18.9 Å². The van der Waals surface area contributed by atoms with Crippen molar-refractivity contribution in [2.45, 2.75) is 96.9 Å². The monoisotopic (exact) mass is 727 g/mol. The molecule has 1 fully saturated rings. The molecule has 0 bridgehead atoms. The van der Waals surface area contributed by atoms with Gasteiger partial charge >= 0.3 is 36.2 Å². The van der Waals surface area contributed by atoms with Crippen molar-refractivity contribution in [3.05, 3.63) is 12.2 Å². The van der Waals surface area contributed by atoms with Gasteiger partial charge in [0.05, 0.1) is 6.61 Å². The summed E-state index contributed by atoms with van der Waals surface area (Å²) in [5, 5.41) is 11.0. The molecule has 0 radical (unpaired) electrons. The van der Waals surface area contributed by atoms with Gasteiger partial charge in [-0.05, 0) is 51.9 Å². The van der Waals surface area contributed by atoms with Crippen LogP contribution in [0.4, 0.5) is 19.2 Å². The molecule has 290 valence electrons. The Morgan fingerprint density at radius 2 is 1.00 bits per heavy atom. The van der Waals surface area contributed by atoms with Crippen LogP contribution in [0, 0.1) is 0 Å². The minimum atomic E-state index is -0.971. The number of esters is 2. The molecular weight excluding hydrogens is 670 g/mol. The molecule has 1 unspecified atom stereocenters. The number of ketones is 1. The molecule has 1 heterocycles. The minimum Gasteiger partial charge on any atom is -0.459 e. The van der Waals surface area contributed by atoms with Crippen LogP contribution in [0.3, 0.4) is 0 Å². The van der Waals surface area contributed by atoms with Crippen LogP contribution in [0.5, 0.6) is 0 Å². The summed E-state index contributed by atoms with van der Waals surface area (Å²) in [5.74, 6) is -2.22. The summed E-state index contributed by atoms with van der Waals surface area (Å²) in [6.07, 6.45) is 8.18. The molecule has 0 saturated carbocycles. The van der Waals surface area contributed by atoms with Crippen LogP contribution < -0.4 is 21.3 Å². The van der Waals surface area contributed by atoms with Crippen molar-refractivity contribution < 1.29 is 57.2 Å². The quantitative estimate of drug-likeness (QED) is 0.0350. The molecule has 51 heavy (non-hydrogen) atoms. The largest absolute Gasteiger partial charge is 0.459 e. The Kier molecular flexibility index (Phi) is 24.5. The first kappa shape index (κ1) is 44.5. The molecule has 0 spiro atoms. The number of carbonyl (C=O) groups excluding carboxylic acids is 7. The first-order valence-corrected chi connectivity index (χ1v) is 17.8. The standard InChI is InChI=1S/C34H57N5O12/c1-26(2)29(41)47-22-24-50-33(45)37-18-10-5-4-9-16-35-31(43)39-20-13-8-14-28(39)15-21-49-32(44)36-17-11-6-7-12-19-38-34(46)51-25-23-48-30(42)27(3)40/h28H,1,4-25H2,2-3H3,(H,35,43)(H,36,44)(H,37,45)(H,38,46). The lowest BCUT2D eigenvalue weighted by molar-refractivity contribution is -0.153. The zero-order valence-corrected chi connectivity index (χ0v) is 30.2. The highest BCUT2D eigenvalue weighted by atomic mass is 16.6. The van der Waals surface area contributed by atoms with Crippen molar-refractivity contribution in [3.63, 3.8) is 0 Å². The lowest BCUT2D eigenvalue weighted by atomic mass is 10.00. The number of carbonyl (C=O) groups is 7. The average Bonchev–Trinajstić information content (AvgIpc) is 3.10. The number of nitrogens with one attached hydrogen (secondary N) is 4. The van der Waals surface area contributed by atoms with Crippen LogP contribution >= 0.6 is 0 Å². The van der Waals surface area contributed by atoms with Gasteiger partial charge in [-0.25, -0.2) is 28.8 Å². The number of piperidine rings is 1. The van der Waals surface area contributed by atoms with Gasteiger partial charge in [0.1, 0.15) is 26.4 Å². The third-order valence-corrected chi connectivity index (χ3v) is 7.60. The average molecular weight is 728 g/mol. The summed E-state index contributed by atoms with van der Waals surface area (Å²) in [5.41, 5.74) is 0.281. The van der Waals surface area contributed by atoms with Crippen molar-refractivity contribution >= 4 is 42.0 Å². The second-order valence-electron chi connectivity index (χ2n) is 12.0. The Labute approximate surface area is 300 Å². The van der Waals surface area contributed by atoms with Crippen molar-refractivity contribution in [2.24, 2.45) is 0 Å². The van der Waals surface area contributed by atoms with E-state index in [2.05, 4.69) is 32.6 Å². The first-order chi connectivity index (χ1) is 24.5. The van der Waals surface area contributed by atoms with E-state index in [0.29, 0.717) is 39.1 Å². The first-order valence-electron chi connectivity index (χ1n) is 17.8. The van der Waals surface area contributed by atoms with Gasteiger partial charge in [-0.15, -0.1) is 0 Å². The maximum atomic E-state index is 12.8. The molecule has 1 aliphatic heterocycles. The topological polar surface area (TPSA) is 217 Å². The molecule has 0 aliphatic carbocycles. The number of Topliss-reactive ketones (excluding diaryl/α,β-unsaturated/α-hetero) is 1. The number of amides is 5. The van der Waals surface area contributed by atoms with E-state index in [1.807, 2.05) is 4.90 Å². The van der Waals surface area contributed by atoms with E-state index >= 15 is 0 Å². The number of ether oxygens (including phenoxy) is 5. The normalized spacial score (nSPS) is 13.6. The molecule has 1 aliphatic rings. The van der Waals surface area contributed by atoms with E-state index < -0.39 is 36.0 Å². The van der Waals surface area contributed by atoms with Gasteiger partial charge < -0.3 is 49.9 Å². The number of unbranched alkanes of at least 4 members (excludes halogenated alkanes) is 6. The number of rotatable bonds is 25. The number of likely N-dealkylation sites (tertiary alicyclic amines) is 1. The number of hydrogen-bond donors (Lipinski definition) is 4. The molecule has 17 nitrogen and oxygen atoms in total. The number of alkyl carbamates (subject to hydrolysis) is 3. The lowest BCUT2D eigenvalue weighted by Crippen LogP contribution is -2.49. The predicted octanol–water partition coefficient (Wildman–Crippen LogP) is 3.49. The van der Waals surface area contributed by atoms with Crippen LogP contribution in [-0.2, 0) is 38.1 Å². The summed E-state index contributed by atoms with van der Waals surface area (Å²) in [7, 11) is 0. The fourth-order valence-corrected chi connectivity index (χ4v) is 4.85. The molecule has 5 amide bonds. The Hall–Kier alpha value is -4.57. The number of urea groups is 1. The van der Waals surface area contributed by atoms with Crippen molar-refractivity contribution in [2.75, 3.05) is 65.8 Å². The minimum absolute atomic E-state index is 0.00527. The van der Waals surface area contributed by atoms with E-state index in [1.54, 1.807) is 0 Å². The highest BCUT2D eigenvalue weighted by Crippen LogP contribution is 2.20. The third-order valence-electron chi connectivity index (χ3n) is 7.60. The van der Waals surface area contributed by atoms with E-state index in [9.17, 15) is 33.6 Å². The van der Waals surface area contributed by atoms with Crippen LogP contribution in [-0.4, -0.2) is 119 Å². The molecule has 1 saturated heterocycles. The summed E-state index contributed by atoms with van der Waals surface area (Å²) in [6.45, 7) is 8.47. The maximum absolute atomic E-state index is 12.8. The second-order valence-corrected chi connectivity index (χ2v) is 12.0. The molecule has 1 rings (SSSR count). The molecule has 0 aromatic heterocycles.